The Hall–Kier alpha value is -3.82. The molecular weight excluding hydrogens is 473 g/mol. The maximum atomic E-state index is 14.5. The Labute approximate surface area is 215 Å². The van der Waals surface area contributed by atoms with Crippen molar-refractivity contribution < 1.29 is 14.0 Å². The summed E-state index contributed by atoms with van der Waals surface area (Å²) >= 11 is 0. The van der Waals surface area contributed by atoms with Gasteiger partial charge in [-0.2, -0.15) is 9.90 Å². The number of pyridine rings is 1. The predicted molar refractivity (Wildman–Crippen MR) is 137 cm³/mol. The number of nitrogens with zero attached hydrogens (tertiary/aromatic N) is 6. The van der Waals surface area contributed by atoms with Crippen LogP contribution >= 0.6 is 0 Å². The zero-order valence-corrected chi connectivity index (χ0v) is 21.1. The van der Waals surface area contributed by atoms with Gasteiger partial charge in [0.1, 0.15) is 18.8 Å². The maximum absolute atomic E-state index is 14.5. The first kappa shape index (κ1) is 24.9. The molecule has 0 spiro atoms. The molecular formula is C27H32FN7O2. The van der Waals surface area contributed by atoms with Crippen molar-refractivity contribution >= 4 is 17.6 Å². The SMILES string of the molecule is CC(C)c1ccc(C(NC(=O)C2CC(F)CN2C(=O)Cn2ncc(N3CCC3)n2)c2ccccc2)nc1. The average molecular weight is 506 g/mol. The Morgan fingerprint density at radius 3 is 2.51 bits per heavy atom. The highest BCUT2D eigenvalue weighted by molar-refractivity contribution is 5.88. The van der Waals surface area contributed by atoms with E-state index in [0.29, 0.717) is 11.6 Å². The number of nitrogens with one attached hydrogen (secondary N) is 1. The van der Waals surface area contributed by atoms with Crippen molar-refractivity contribution in [2.75, 3.05) is 24.5 Å². The van der Waals surface area contributed by atoms with Crippen molar-refractivity contribution in [3.05, 3.63) is 71.7 Å². The van der Waals surface area contributed by atoms with Crippen LogP contribution in [0.3, 0.4) is 0 Å². The van der Waals surface area contributed by atoms with Crippen LogP contribution in [0.15, 0.2) is 54.9 Å². The fourth-order valence-corrected chi connectivity index (χ4v) is 4.72. The van der Waals surface area contributed by atoms with E-state index in [1.807, 2.05) is 48.7 Å². The predicted octanol–water partition coefficient (Wildman–Crippen LogP) is 2.85. The van der Waals surface area contributed by atoms with Crippen LogP contribution in [0.1, 0.15) is 55.5 Å². The highest BCUT2D eigenvalue weighted by Gasteiger charge is 2.40. The number of amides is 2. The van der Waals surface area contributed by atoms with Gasteiger partial charge in [-0.25, -0.2) is 4.39 Å². The first-order valence-corrected chi connectivity index (χ1v) is 12.8. The molecule has 3 aromatic rings. The number of anilines is 1. The summed E-state index contributed by atoms with van der Waals surface area (Å²) in [7, 11) is 0. The Bertz CT molecular complexity index is 1230. The number of carbonyl (C=O) groups excluding carboxylic acids is 2. The number of alkyl halides is 1. The summed E-state index contributed by atoms with van der Waals surface area (Å²) in [5.41, 5.74) is 2.63. The molecule has 0 bridgehead atoms. The van der Waals surface area contributed by atoms with Crippen molar-refractivity contribution in [2.45, 2.75) is 57.4 Å². The monoisotopic (exact) mass is 505 g/mol. The lowest BCUT2D eigenvalue weighted by atomic mass is 10.00. The molecule has 2 saturated heterocycles. The molecule has 9 nitrogen and oxygen atoms in total. The first-order valence-electron chi connectivity index (χ1n) is 12.8. The molecule has 0 saturated carbocycles. The highest BCUT2D eigenvalue weighted by atomic mass is 19.1. The van der Waals surface area contributed by atoms with Gasteiger partial charge in [-0.05, 0) is 29.5 Å². The zero-order valence-electron chi connectivity index (χ0n) is 21.1. The Balaban J connectivity index is 1.32. The molecule has 3 unspecified atom stereocenters. The third kappa shape index (κ3) is 5.47. The van der Waals surface area contributed by atoms with Gasteiger partial charge in [0.05, 0.1) is 24.5 Å². The third-order valence-corrected chi connectivity index (χ3v) is 7.05. The van der Waals surface area contributed by atoms with Crippen LogP contribution < -0.4 is 10.2 Å². The van der Waals surface area contributed by atoms with Crippen molar-refractivity contribution in [1.82, 2.24) is 30.2 Å². The van der Waals surface area contributed by atoms with E-state index in [-0.39, 0.29) is 25.4 Å². The van der Waals surface area contributed by atoms with Gasteiger partial charge < -0.3 is 15.1 Å². The molecule has 1 N–H and O–H groups in total. The van der Waals surface area contributed by atoms with E-state index in [0.717, 1.165) is 36.5 Å². The van der Waals surface area contributed by atoms with Crippen LogP contribution in [0.25, 0.3) is 0 Å². The van der Waals surface area contributed by atoms with Gasteiger partial charge in [0.2, 0.25) is 11.8 Å². The summed E-state index contributed by atoms with van der Waals surface area (Å²) in [4.78, 5) is 35.9. The number of hydrogen-bond donors (Lipinski definition) is 1. The minimum Gasteiger partial charge on any atom is -0.354 e. The van der Waals surface area contributed by atoms with Crippen molar-refractivity contribution in [2.24, 2.45) is 0 Å². The first-order chi connectivity index (χ1) is 17.9. The number of likely N-dealkylation sites (tertiary alicyclic amines) is 1. The second-order valence-electron chi connectivity index (χ2n) is 9.99. The quantitative estimate of drug-likeness (QED) is 0.506. The van der Waals surface area contributed by atoms with Gasteiger partial charge >= 0.3 is 0 Å². The molecule has 0 aliphatic carbocycles. The molecule has 4 heterocycles. The lowest BCUT2D eigenvalue weighted by Gasteiger charge is -2.30. The lowest BCUT2D eigenvalue weighted by molar-refractivity contribution is -0.139. The largest absolute Gasteiger partial charge is 0.354 e. The van der Waals surface area contributed by atoms with Crippen molar-refractivity contribution in [1.29, 1.82) is 0 Å². The molecule has 2 aliphatic rings. The Kier molecular flexibility index (Phi) is 7.16. The number of benzene rings is 1. The van der Waals surface area contributed by atoms with Gasteiger partial charge in [0, 0.05) is 25.7 Å². The molecule has 2 fully saturated rings. The van der Waals surface area contributed by atoms with E-state index in [1.54, 1.807) is 6.20 Å². The van der Waals surface area contributed by atoms with Gasteiger partial charge in [-0.1, -0.05) is 50.2 Å². The summed E-state index contributed by atoms with van der Waals surface area (Å²) in [6.07, 6.45) is 3.22. The summed E-state index contributed by atoms with van der Waals surface area (Å²) in [5, 5.41) is 11.6. The van der Waals surface area contributed by atoms with Crippen LogP contribution in [0.4, 0.5) is 10.2 Å². The van der Waals surface area contributed by atoms with E-state index in [2.05, 4.69) is 39.2 Å². The Morgan fingerprint density at radius 1 is 1.08 bits per heavy atom. The average Bonchev–Trinajstić information content (AvgIpc) is 3.48. The molecule has 10 heteroatoms. The van der Waals surface area contributed by atoms with Crippen LogP contribution in [0.5, 0.6) is 0 Å². The fraction of sp³-hybridized carbons (Fsp3) is 0.444. The van der Waals surface area contributed by atoms with Crippen molar-refractivity contribution in [3.8, 4) is 0 Å². The molecule has 2 amide bonds. The molecule has 3 atom stereocenters. The van der Waals surface area contributed by atoms with Crippen LogP contribution in [-0.2, 0) is 16.1 Å². The summed E-state index contributed by atoms with van der Waals surface area (Å²) in [6.45, 7) is 5.75. The van der Waals surface area contributed by atoms with E-state index in [9.17, 15) is 14.0 Å². The van der Waals surface area contributed by atoms with Gasteiger partial charge in [-0.3, -0.25) is 14.6 Å². The van der Waals surface area contributed by atoms with Crippen LogP contribution in [0.2, 0.25) is 0 Å². The summed E-state index contributed by atoms with van der Waals surface area (Å²) in [6, 6.07) is 12.0. The summed E-state index contributed by atoms with van der Waals surface area (Å²) < 4.78 is 14.5. The molecule has 0 radical (unpaired) electrons. The molecule has 37 heavy (non-hydrogen) atoms. The standard InChI is InChI=1S/C27H32FN7O2/c1-18(2)20-9-10-22(29-14-20)26(19-7-4-3-5-8-19)31-27(37)23-13-21(28)16-34(23)25(36)17-35-30-15-24(32-35)33-11-6-12-33/h3-5,7-10,14-15,18,21,23,26H,6,11-13,16-17H2,1-2H3,(H,31,37). The number of carbonyl (C=O) groups is 2. The lowest BCUT2D eigenvalue weighted by Crippen LogP contribution is -2.48. The van der Waals surface area contributed by atoms with Gasteiger partial charge in [0.25, 0.3) is 0 Å². The number of rotatable bonds is 8. The van der Waals surface area contributed by atoms with Crippen LogP contribution in [-0.4, -0.2) is 68.5 Å². The minimum absolute atomic E-state index is 0.0512. The number of halogens is 1. The third-order valence-electron chi connectivity index (χ3n) is 7.05. The van der Waals surface area contributed by atoms with Crippen molar-refractivity contribution in [3.63, 3.8) is 0 Å². The second kappa shape index (κ2) is 10.7. The van der Waals surface area contributed by atoms with Gasteiger partial charge in [-0.15, -0.1) is 5.10 Å². The van der Waals surface area contributed by atoms with E-state index in [1.165, 1.54) is 9.70 Å². The number of aromatic nitrogens is 4. The summed E-state index contributed by atoms with van der Waals surface area (Å²) in [5.74, 6) is 0.255. The van der Waals surface area contributed by atoms with E-state index >= 15 is 0 Å². The number of hydrogen-bond acceptors (Lipinski definition) is 6. The highest BCUT2D eigenvalue weighted by Crippen LogP contribution is 2.26. The molecule has 1 aromatic carbocycles. The zero-order chi connectivity index (χ0) is 25.9. The molecule has 194 valence electrons. The molecule has 2 aliphatic heterocycles. The van der Waals surface area contributed by atoms with Gasteiger partial charge in [0.15, 0.2) is 5.82 Å². The smallest absolute Gasteiger partial charge is 0.246 e. The fourth-order valence-electron chi connectivity index (χ4n) is 4.72. The van der Waals surface area contributed by atoms with E-state index < -0.39 is 24.2 Å². The molecule has 2 aromatic heterocycles. The minimum atomic E-state index is -1.28. The van der Waals surface area contributed by atoms with Crippen LogP contribution in [0, 0.1) is 0 Å². The topological polar surface area (TPSA) is 96.2 Å². The Morgan fingerprint density at radius 2 is 1.86 bits per heavy atom. The normalized spacial score (nSPS) is 20.1. The van der Waals surface area contributed by atoms with E-state index in [4.69, 9.17) is 0 Å². The maximum Gasteiger partial charge on any atom is 0.246 e. The second-order valence-corrected chi connectivity index (χ2v) is 9.99. The molecule has 5 rings (SSSR count).